The van der Waals surface area contributed by atoms with Crippen LogP contribution in [0.4, 0.5) is 5.69 Å². The number of anilines is 1. The van der Waals surface area contributed by atoms with Crippen molar-refractivity contribution in [2.75, 3.05) is 5.32 Å². The Morgan fingerprint density at radius 3 is 2.47 bits per heavy atom. The Morgan fingerprint density at radius 2 is 2.00 bits per heavy atom. The lowest BCUT2D eigenvalue weighted by molar-refractivity contribution is 0.461. The van der Waals surface area contributed by atoms with Crippen LogP contribution in [0.5, 0.6) is 0 Å². The first kappa shape index (κ1) is 16.2. The fourth-order valence-electron chi connectivity index (χ4n) is 1.98. The summed E-state index contributed by atoms with van der Waals surface area (Å²) in [6.07, 6.45) is 2.75. The quantitative estimate of drug-likeness (QED) is 0.868. The maximum absolute atomic E-state index is 12.2. The number of nitrogens with zero attached hydrogens (tertiary/aromatic N) is 2. The molecule has 19 heavy (non-hydrogen) atoms. The van der Waals surface area contributed by atoms with Crippen LogP contribution < -0.4 is 10.9 Å². The number of hydrogen-bond donors (Lipinski definition) is 1. The first-order chi connectivity index (χ1) is 8.86. The van der Waals surface area contributed by atoms with Gasteiger partial charge in [-0.2, -0.15) is 5.10 Å². The summed E-state index contributed by atoms with van der Waals surface area (Å²) in [4.78, 5) is 12.2. The van der Waals surface area contributed by atoms with Crippen LogP contribution in [0.15, 0.2) is 15.5 Å². The van der Waals surface area contributed by atoms with E-state index in [2.05, 4.69) is 61.0 Å². The molecule has 0 bridgehead atoms. The first-order valence-corrected chi connectivity index (χ1v) is 7.68. The van der Waals surface area contributed by atoms with Crippen molar-refractivity contribution >= 4 is 21.6 Å². The second-order valence-electron chi connectivity index (χ2n) is 5.66. The number of aromatic nitrogens is 2. The van der Waals surface area contributed by atoms with Crippen molar-refractivity contribution in [3.63, 3.8) is 0 Å². The lowest BCUT2D eigenvalue weighted by Crippen LogP contribution is -2.29. The zero-order chi connectivity index (χ0) is 14.6. The van der Waals surface area contributed by atoms with Gasteiger partial charge in [-0.25, -0.2) is 4.68 Å². The molecule has 0 saturated heterocycles. The normalized spacial score (nSPS) is 13.1. The monoisotopic (exact) mass is 329 g/mol. The van der Waals surface area contributed by atoms with Gasteiger partial charge in [-0.1, -0.05) is 34.6 Å². The van der Waals surface area contributed by atoms with Gasteiger partial charge in [0, 0.05) is 12.6 Å². The van der Waals surface area contributed by atoms with Crippen molar-refractivity contribution in [3.05, 3.63) is 21.0 Å². The molecule has 1 aromatic heterocycles. The molecule has 0 amide bonds. The molecule has 4 nitrogen and oxygen atoms in total. The minimum absolute atomic E-state index is 0.0719. The Labute approximate surface area is 123 Å². The van der Waals surface area contributed by atoms with Gasteiger partial charge >= 0.3 is 0 Å². The van der Waals surface area contributed by atoms with E-state index < -0.39 is 0 Å². The Kier molecular flexibility index (Phi) is 6.04. The van der Waals surface area contributed by atoms with Crippen LogP contribution in [-0.4, -0.2) is 15.8 Å². The molecule has 1 aromatic rings. The zero-order valence-corrected chi connectivity index (χ0v) is 14.0. The van der Waals surface area contributed by atoms with E-state index in [-0.39, 0.29) is 5.56 Å². The predicted octanol–water partition coefficient (Wildman–Crippen LogP) is 3.51. The topological polar surface area (TPSA) is 46.9 Å². The van der Waals surface area contributed by atoms with E-state index in [4.69, 9.17) is 0 Å². The highest BCUT2D eigenvalue weighted by molar-refractivity contribution is 9.10. The van der Waals surface area contributed by atoms with Gasteiger partial charge in [-0.15, -0.1) is 0 Å². The maximum atomic E-state index is 12.2. The Balaban J connectivity index is 2.99. The van der Waals surface area contributed by atoms with E-state index in [1.165, 1.54) is 4.68 Å². The standard InChI is InChI=1S/C14H24BrN3O/c1-6-11(10(4)5)17-12-7-16-18(8-9(2)3)14(19)13(12)15/h7,9-11,17H,6,8H2,1-5H3. The fraction of sp³-hybridized carbons (Fsp3) is 0.714. The van der Waals surface area contributed by atoms with Crippen molar-refractivity contribution < 1.29 is 0 Å². The molecule has 5 heteroatoms. The fourth-order valence-corrected chi connectivity index (χ4v) is 2.40. The Bertz CT molecular complexity index is 468. The third kappa shape index (κ3) is 4.34. The summed E-state index contributed by atoms with van der Waals surface area (Å²) in [6.45, 7) is 11.3. The van der Waals surface area contributed by atoms with Gasteiger partial charge in [-0.05, 0) is 34.2 Å². The summed E-state index contributed by atoms with van der Waals surface area (Å²) in [5, 5.41) is 7.63. The summed E-state index contributed by atoms with van der Waals surface area (Å²) in [7, 11) is 0. The van der Waals surface area contributed by atoms with Gasteiger partial charge in [0.1, 0.15) is 4.47 Å². The van der Waals surface area contributed by atoms with Gasteiger partial charge in [0.05, 0.1) is 11.9 Å². The number of nitrogens with one attached hydrogen (secondary N) is 1. The van der Waals surface area contributed by atoms with Gasteiger partial charge < -0.3 is 5.32 Å². The summed E-state index contributed by atoms with van der Waals surface area (Å²) in [5.74, 6) is 0.907. The van der Waals surface area contributed by atoms with Crippen molar-refractivity contribution in [2.24, 2.45) is 11.8 Å². The molecular formula is C14H24BrN3O. The van der Waals surface area contributed by atoms with Crippen molar-refractivity contribution in [3.8, 4) is 0 Å². The van der Waals surface area contributed by atoms with E-state index in [0.29, 0.717) is 28.9 Å². The molecule has 1 unspecified atom stereocenters. The van der Waals surface area contributed by atoms with Crippen LogP contribution in [0, 0.1) is 11.8 Å². The molecule has 0 fully saturated rings. The second-order valence-corrected chi connectivity index (χ2v) is 6.45. The third-order valence-electron chi connectivity index (χ3n) is 3.11. The average Bonchev–Trinajstić information content (AvgIpc) is 2.33. The largest absolute Gasteiger partial charge is 0.380 e. The number of rotatable bonds is 6. The molecule has 1 N–H and O–H groups in total. The molecule has 0 aromatic carbocycles. The highest BCUT2D eigenvalue weighted by Gasteiger charge is 2.15. The molecule has 0 aliphatic heterocycles. The minimum Gasteiger partial charge on any atom is -0.380 e. The van der Waals surface area contributed by atoms with Crippen LogP contribution in [0.1, 0.15) is 41.0 Å². The van der Waals surface area contributed by atoms with Crippen molar-refractivity contribution in [1.82, 2.24) is 9.78 Å². The van der Waals surface area contributed by atoms with Crippen LogP contribution in [0.25, 0.3) is 0 Å². The van der Waals surface area contributed by atoms with Gasteiger partial charge in [-0.3, -0.25) is 4.79 Å². The molecular weight excluding hydrogens is 306 g/mol. The SMILES string of the molecule is CCC(Nc1cnn(CC(C)C)c(=O)c1Br)C(C)C. The number of hydrogen-bond acceptors (Lipinski definition) is 3. The summed E-state index contributed by atoms with van der Waals surface area (Å²) >= 11 is 3.39. The van der Waals surface area contributed by atoms with E-state index in [0.717, 1.165) is 12.1 Å². The highest BCUT2D eigenvalue weighted by atomic mass is 79.9. The van der Waals surface area contributed by atoms with Gasteiger partial charge in [0.15, 0.2) is 0 Å². The van der Waals surface area contributed by atoms with Crippen LogP contribution >= 0.6 is 15.9 Å². The van der Waals surface area contributed by atoms with E-state index >= 15 is 0 Å². The summed E-state index contributed by atoms with van der Waals surface area (Å²) < 4.78 is 2.08. The van der Waals surface area contributed by atoms with Crippen LogP contribution in [0.2, 0.25) is 0 Å². The smallest absolute Gasteiger partial charge is 0.283 e. The predicted molar refractivity (Wildman–Crippen MR) is 83.6 cm³/mol. The molecule has 1 atom stereocenters. The molecule has 1 rings (SSSR count). The van der Waals surface area contributed by atoms with Gasteiger partial charge in [0.2, 0.25) is 0 Å². The Hall–Kier alpha value is -0.840. The third-order valence-corrected chi connectivity index (χ3v) is 3.87. The average molecular weight is 330 g/mol. The van der Waals surface area contributed by atoms with Gasteiger partial charge in [0.25, 0.3) is 5.56 Å². The minimum atomic E-state index is -0.0719. The second kappa shape index (κ2) is 7.08. The molecule has 108 valence electrons. The Morgan fingerprint density at radius 1 is 1.37 bits per heavy atom. The maximum Gasteiger partial charge on any atom is 0.283 e. The molecule has 0 aliphatic carbocycles. The van der Waals surface area contributed by atoms with Crippen LogP contribution in [-0.2, 0) is 6.54 Å². The first-order valence-electron chi connectivity index (χ1n) is 6.88. The summed E-state index contributed by atoms with van der Waals surface area (Å²) in [5.41, 5.74) is 0.711. The molecule has 0 radical (unpaired) electrons. The molecule has 1 heterocycles. The lowest BCUT2D eigenvalue weighted by atomic mass is 10.0. The van der Waals surface area contributed by atoms with Crippen LogP contribution in [0.3, 0.4) is 0 Å². The van der Waals surface area contributed by atoms with E-state index in [1.807, 2.05) is 0 Å². The molecule has 0 spiro atoms. The number of halogens is 1. The highest BCUT2D eigenvalue weighted by Crippen LogP contribution is 2.20. The van der Waals surface area contributed by atoms with E-state index in [9.17, 15) is 4.79 Å². The van der Waals surface area contributed by atoms with Crippen molar-refractivity contribution in [2.45, 2.75) is 53.6 Å². The zero-order valence-electron chi connectivity index (χ0n) is 12.4. The summed E-state index contributed by atoms with van der Waals surface area (Å²) in [6, 6.07) is 0.346. The molecule has 0 aliphatic rings. The van der Waals surface area contributed by atoms with Crippen molar-refractivity contribution in [1.29, 1.82) is 0 Å². The lowest BCUT2D eigenvalue weighted by Gasteiger charge is -2.22. The molecule has 0 saturated carbocycles. The van der Waals surface area contributed by atoms with E-state index in [1.54, 1.807) is 6.20 Å².